The van der Waals surface area contributed by atoms with Crippen molar-refractivity contribution in [3.05, 3.63) is 22.4 Å². The van der Waals surface area contributed by atoms with Crippen molar-refractivity contribution in [2.75, 3.05) is 51.7 Å². The fourth-order valence-electron chi connectivity index (χ4n) is 2.33. The molecule has 0 unspecified atom stereocenters. The van der Waals surface area contributed by atoms with E-state index in [4.69, 9.17) is 4.74 Å². The van der Waals surface area contributed by atoms with Gasteiger partial charge in [0.2, 0.25) is 10.0 Å². The fraction of sp³-hybridized carbons (Fsp3) is 0.667. The number of morpholine rings is 1. The molecule has 0 bridgehead atoms. The number of hydrogen-bond acceptors (Lipinski definition) is 5. The minimum atomic E-state index is -3.26. The average molecular weight is 502 g/mol. The molecular weight excluding hydrogens is 475 g/mol. The van der Waals surface area contributed by atoms with Gasteiger partial charge in [-0.1, -0.05) is 6.07 Å². The van der Waals surface area contributed by atoms with Gasteiger partial charge in [-0.2, -0.15) is 4.31 Å². The summed E-state index contributed by atoms with van der Waals surface area (Å²) in [4.78, 5) is 5.69. The fourth-order valence-corrected chi connectivity index (χ4v) is 4.32. The number of rotatable bonds is 8. The van der Waals surface area contributed by atoms with Crippen molar-refractivity contribution < 1.29 is 13.2 Å². The van der Waals surface area contributed by atoms with Crippen LogP contribution in [-0.4, -0.2) is 70.4 Å². The summed E-state index contributed by atoms with van der Waals surface area (Å²) in [5.74, 6) is 0.681. The van der Waals surface area contributed by atoms with Gasteiger partial charge in [0.15, 0.2) is 5.96 Å². The second-order valence-electron chi connectivity index (χ2n) is 5.34. The molecule has 0 radical (unpaired) electrons. The highest BCUT2D eigenvalue weighted by atomic mass is 127. The van der Waals surface area contributed by atoms with Crippen LogP contribution in [0.3, 0.4) is 0 Å². The lowest BCUT2D eigenvalue weighted by Crippen LogP contribution is -2.42. The van der Waals surface area contributed by atoms with Crippen LogP contribution in [0.15, 0.2) is 22.5 Å². The van der Waals surface area contributed by atoms with Crippen LogP contribution >= 0.6 is 35.3 Å². The molecule has 10 heteroatoms. The van der Waals surface area contributed by atoms with E-state index in [-0.39, 0.29) is 36.3 Å². The molecule has 1 aromatic rings. The number of guanidine groups is 1. The van der Waals surface area contributed by atoms with Crippen LogP contribution in [0.2, 0.25) is 0 Å². The number of nitrogens with one attached hydrogen (secondary N) is 2. The Morgan fingerprint density at radius 2 is 2.12 bits per heavy atom. The topological polar surface area (TPSA) is 83.0 Å². The van der Waals surface area contributed by atoms with Gasteiger partial charge in [0.1, 0.15) is 0 Å². The van der Waals surface area contributed by atoms with Crippen molar-refractivity contribution in [2.24, 2.45) is 4.99 Å². The van der Waals surface area contributed by atoms with Gasteiger partial charge in [0.25, 0.3) is 0 Å². The third-order valence-corrected chi connectivity index (χ3v) is 6.36. The van der Waals surface area contributed by atoms with Crippen LogP contribution in [0.4, 0.5) is 0 Å². The van der Waals surface area contributed by atoms with Crippen LogP contribution in [-0.2, 0) is 21.2 Å². The summed E-state index contributed by atoms with van der Waals surface area (Å²) < 4.78 is 31.2. The van der Waals surface area contributed by atoms with Crippen molar-refractivity contribution in [1.29, 1.82) is 0 Å². The van der Waals surface area contributed by atoms with Gasteiger partial charge in [-0.05, 0) is 24.8 Å². The Balaban J connectivity index is 0.00000312. The molecule has 0 amide bonds. The van der Waals surface area contributed by atoms with Gasteiger partial charge in [-0.15, -0.1) is 35.3 Å². The lowest BCUT2D eigenvalue weighted by Gasteiger charge is -2.25. The van der Waals surface area contributed by atoms with Crippen molar-refractivity contribution in [1.82, 2.24) is 14.9 Å². The Kier molecular flexibility index (Phi) is 10.9. The van der Waals surface area contributed by atoms with Crippen LogP contribution in [0.25, 0.3) is 0 Å². The quantitative estimate of drug-likeness (QED) is 0.317. The van der Waals surface area contributed by atoms with Gasteiger partial charge in [-0.25, -0.2) is 8.42 Å². The Labute approximate surface area is 171 Å². The first-order valence-electron chi connectivity index (χ1n) is 8.22. The SMILES string of the molecule is CCNC(=NCCS(=O)(=O)N1CCOCC1)NCCc1cccs1.I. The summed E-state index contributed by atoms with van der Waals surface area (Å²) in [6.07, 6.45) is 0.925. The third-order valence-electron chi connectivity index (χ3n) is 3.57. The van der Waals surface area contributed by atoms with Gasteiger partial charge in [0.05, 0.1) is 25.5 Å². The molecule has 0 aliphatic carbocycles. The third kappa shape index (κ3) is 8.20. The summed E-state index contributed by atoms with van der Waals surface area (Å²) in [6.45, 7) is 5.54. The summed E-state index contributed by atoms with van der Waals surface area (Å²) in [6, 6.07) is 4.14. The summed E-state index contributed by atoms with van der Waals surface area (Å²) in [5, 5.41) is 8.44. The first-order valence-corrected chi connectivity index (χ1v) is 10.7. The van der Waals surface area contributed by atoms with Gasteiger partial charge in [0, 0.05) is 31.1 Å². The van der Waals surface area contributed by atoms with E-state index in [2.05, 4.69) is 27.1 Å². The maximum atomic E-state index is 12.3. The summed E-state index contributed by atoms with van der Waals surface area (Å²) >= 11 is 1.73. The highest BCUT2D eigenvalue weighted by Gasteiger charge is 2.23. The normalized spacial score (nSPS) is 16.3. The highest BCUT2D eigenvalue weighted by molar-refractivity contribution is 14.0. The van der Waals surface area contributed by atoms with E-state index in [1.54, 1.807) is 11.3 Å². The van der Waals surface area contributed by atoms with Gasteiger partial charge >= 0.3 is 0 Å². The standard InChI is InChI=1S/C15H26N4O3S2.HI/c1-2-16-15(17-6-5-14-4-3-12-23-14)18-7-13-24(20,21)19-8-10-22-11-9-19;/h3-4,12H,2,5-11,13H2,1H3,(H2,16,17,18);1H. The largest absolute Gasteiger partial charge is 0.379 e. The van der Waals surface area contributed by atoms with Crippen LogP contribution in [0, 0.1) is 0 Å². The van der Waals surface area contributed by atoms with E-state index in [0.29, 0.717) is 32.3 Å². The first kappa shape index (κ1) is 22.6. The Bertz CT molecular complexity index is 602. The molecule has 2 N–H and O–H groups in total. The molecule has 0 saturated carbocycles. The number of thiophene rings is 1. The zero-order valence-corrected chi connectivity index (χ0v) is 18.4. The van der Waals surface area contributed by atoms with Crippen LogP contribution in [0.5, 0.6) is 0 Å². The molecular formula is C15H27IN4O3S2. The van der Waals surface area contributed by atoms with E-state index >= 15 is 0 Å². The number of halogens is 1. The van der Waals surface area contributed by atoms with Gasteiger partial charge < -0.3 is 15.4 Å². The van der Waals surface area contributed by atoms with Gasteiger partial charge in [-0.3, -0.25) is 4.99 Å². The number of hydrogen-bond donors (Lipinski definition) is 2. The smallest absolute Gasteiger partial charge is 0.216 e. The molecule has 1 aliphatic rings. The predicted octanol–water partition coefficient (Wildman–Crippen LogP) is 1.13. The summed E-state index contributed by atoms with van der Waals surface area (Å²) in [5.41, 5.74) is 0. The minimum absolute atomic E-state index is 0. The lowest BCUT2D eigenvalue weighted by atomic mass is 10.3. The number of sulfonamides is 1. The molecule has 7 nitrogen and oxygen atoms in total. The van der Waals surface area contributed by atoms with Crippen LogP contribution in [0.1, 0.15) is 11.8 Å². The second-order valence-corrected chi connectivity index (χ2v) is 8.46. The molecule has 0 aromatic carbocycles. The molecule has 1 saturated heterocycles. The van der Waals surface area contributed by atoms with Crippen LogP contribution < -0.4 is 10.6 Å². The molecule has 2 heterocycles. The molecule has 0 spiro atoms. The van der Waals surface area contributed by atoms with E-state index < -0.39 is 10.0 Å². The molecule has 1 aliphatic heterocycles. The summed E-state index contributed by atoms with van der Waals surface area (Å²) in [7, 11) is -3.26. The molecule has 144 valence electrons. The average Bonchev–Trinajstić information content (AvgIpc) is 3.09. The highest BCUT2D eigenvalue weighted by Crippen LogP contribution is 2.08. The number of aliphatic imine (C=N–C) groups is 1. The monoisotopic (exact) mass is 502 g/mol. The molecule has 25 heavy (non-hydrogen) atoms. The Hall–Kier alpha value is -0.430. The maximum absolute atomic E-state index is 12.3. The van der Waals surface area contributed by atoms with Crippen molar-refractivity contribution in [3.8, 4) is 0 Å². The van der Waals surface area contributed by atoms with Crippen molar-refractivity contribution in [2.45, 2.75) is 13.3 Å². The molecule has 1 fully saturated rings. The predicted molar refractivity (Wildman–Crippen MR) is 114 cm³/mol. The minimum Gasteiger partial charge on any atom is -0.379 e. The second kappa shape index (κ2) is 12.0. The van der Waals surface area contributed by atoms with E-state index in [1.807, 2.05) is 13.0 Å². The maximum Gasteiger partial charge on any atom is 0.216 e. The number of ether oxygens (including phenoxy) is 1. The van der Waals surface area contributed by atoms with Crippen molar-refractivity contribution in [3.63, 3.8) is 0 Å². The Morgan fingerprint density at radius 1 is 1.36 bits per heavy atom. The molecule has 1 aromatic heterocycles. The number of nitrogens with zero attached hydrogens (tertiary/aromatic N) is 2. The zero-order valence-electron chi connectivity index (χ0n) is 14.4. The Morgan fingerprint density at radius 3 is 2.76 bits per heavy atom. The van der Waals surface area contributed by atoms with E-state index in [1.165, 1.54) is 9.18 Å². The van der Waals surface area contributed by atoms with E-state index in [9.17, 15) is 8.42 Å². The van der Waals surface area contributed by atoms with Crippen molar-refractivity contribution >= 4 is 51.3 Å². The molecule has 0 atom stereocenters. The first-order chi connectivity index (χ1) is 11.6. The van der Waals surface area contributed by atoms with E-state index in [0.717, 1.165) is 19.5 Å². The zero-order chi connectivity index (χ0) is 17.3. The lowest BCUT2D eigenvalue weighted by molar-refractivity contribution is 0.0731. The molecule has 2 rings (SSSR count).